The number of hydrogen-bond donors (Lipinski definition) is 0. The Bertz CT molecular complexity index is 305. The summed E-state index contributed by atoms with van der Waals surface area (Å²) in [6.45, 7) is 0.805. The second-order valence-corrected chi connectivity index (χ2v) is 3.36. The Kier molecular flexibility index (Phi) is 2.88. The van der Waals surface area contributed by atoms with Gasteiger partial charge < -0.3 is 9.26 Å². The van der Waals surface area contributed by atoms with Crippen LogP contribution in [0.15, 0.2) is 4.52 Å². The van der Waals surface area contributed by atoms with Crippen molar-refractivity contribution < 1.29 is 14.1 Å². The summed E-state index contributed by atoms with van der Waals surface area (Å²) < 4.78 is 10.4. The third kappa shape index (κ3) is 2.17. The molecule has 1 saturated heterocycles. The van der Waals surface area contributed by atoms with Gasteiger partial charge in [-0.1, -0.05) is 5.16 Å². The predicted molar refractivity (Wildman–Crippen MR) is 47.0 cm³/mol. The van der Waals surface area contributed by atoms with Gasteiger partial charge in [0.25, 0.3) is 0 Å². The molecule has 1 unspecified atom stereocenters. The van der Waals surface area contributed by atoms with E-state index in [9.17, 15) is 4.79 Å². The van der Waals surface area contributed by atoms with E-state index in [1.807, 2.05) is 0 Å². The van der Waals surface area contributed by atoms with Gasteiger partial charge in [0.1, 0.15) is 0 Å². The monoisotopic (exact) mass is 196 g/mol. The molecule has 1 aromatic heterocycles. The lowest BCUT2D eigenvalue weighted by atomic mass is 10.1. The Labute approximate surface area is 81.4 Å². The van der Waals surface area contributed by atoms with E-state index < -0.39 is 0 Å². The molecule has 0 bridgehead atoms. The second kappa shape index (κ2) is 4.32. The van der Waals surface area contributed by atoms with Gasteiger partial charge in [-0.2, -0.15) is 4.98 Å². The van der Waals surface area contributed by atoms with Crippen molar-refractivity contribution in [2.45, 2.75) is 31.8 Å². The van der Waals surface area contributed by atoms with E-state index in [1.165, 1.54) is 6.42 Å². The van der Waals surface area contributed by atoms with Crippen LogP contribution < -0.4 is 0 Å². The molecule has 0 aliphatic carbocycles. The molecule has 0 aromatic carbocycles. The lowest BCUT2D eigenvalue weighted by molar-refractivity contribution is 0.0124. The standard InChI is InChI=1S/C9H12N2O3/c12-6-8-10-9(14-11-8)5-7-3-1-2-4-13-7/h6-7H,1-5H2. The first-order valence-electron chi connectivity index (χ1n) is 4.78. The molecule has 1 aromatic rings. The Morgan fingerprint density at radius 3 is 3.07 bits per heavy atom. The number of hydrogen-bond acceptors (Lipinski definition) is 5. The van der Waals surface area contributed by atoms with E-state index >= 15 is 0 Å². The Hall–Kier alpha value is -1.23. The molecule has 0 spiro atoms. The van der Waals surface area contributed by atoms with Crippen LogP contribution in [-0.4, -0.2) is 29.1 Å². The van der Waals surface area contributed by atoms with Crippen LogP contribution in [0.3, 0.4) is 0 Å². The predicted octanol–water partition coefficient (Wildman–Crippen LogP) is 0.994. The van der Waals surface area contributed by atoms with Crippen LogP contribution >= 0.6 is 0 Å². The fourth-order valence-corrected chi connectivity index (χ4v) is 1.56. The SMILES string of the molecule is O=Cc1noc(CC2CCCCO2)n1. The van der Waals surface area contributed by atoms with E-state index in [1.54, 1.807) is 0 Å². The number of aldehydes is 1. The molecule has 2 rings (SSSR count). The van der Waals surface area contributed by atoms with Crippen molar-refractivity contribution in [3.63, 3.8) is 0 Å². The first-order valence-corrected chi connectivity index (χ1v) is 4.78. The van der Waals surface area contributed by atoms with Gasteiger partial charge >= 0.3 is 0 Å². The summed E-state index contributed by atoms with van der Waals surface area (Å²) in [6, 6.07) is 0. The average molecular weight is 196 g/mol. The van der Waals surface area contributed by atoms with Crippen molar-refractivity contribution in [1.29, 1.82) is 0 Å². The van der Waals surface area contributed by atoms with Gasteiger partial charge in [-0.15, -0.1) is 0 Å². The Balaban J connectivity index is 1.92. The van der Waals surface area contributed by atoms with Crippen LogP contribution in [0.5, 0.6) is 0 Å². The molecule has 14 heavy (non-hydrogen) atoms. The van der Waals surface area contributed by atoms with Gasteiger partial charge in [0, 0.05) is 6.61 Å². The highest BCUT2D eigenvalue weighted by molar-refractivity contribution is 5.68. The van der Waals surface area contributed by atoms with Crippen molar-refractivity contribution in [2.24, 2.45) is 0 Å². The largest absolute Gasteiger partial charge is 0.378 e. The summed E-state index contributed by atoms with van der Waals surface area (Å²) in [5.41, 5.74) is 0. The molecule has 2 heterocycles. The third-order valence-electron chi connectivity index (χ3n) is 2.27. The minimum atomic E-state index is 0.107. The van der Waals surface area contributed by atoms with E-state index in [4.69, 9.17) is 9.26 Å². The molecular weight excluding hydrogens is 184 g/mol. The van der Waals surface area contributed by atoms with E-state index in [-0.39, 0.29) is 11.9 Å². The summed E-state index contributed by atoms with van der Waals surface area (Å²) in [4.78, 5) is 14.2. The first-order chi connectivity index (χ1) is 6.88. The molecule has 1 atom stereocenters. The summed E-state index contributed by atoms with van der Waals surface area (Å²) in [5.74, 6) is 0.592. The third-order valence-corrected chi connectivity index (χ3v) is 2.27. The average Bonchev–Trinajstić information content (AvgIpc) is 2.67. The maximum Gasteiger partial charge on any atom is 0.235 e. The van der Waals surface area contributed by atoms with Crippen LogP contribution in [0.25, 0.3) is 0 Å². The van der Waals surface area contributed by atoms with Crippen molar-refractivity contribution in [2.75, 3.05) is 6.61 Å². The van der Waals surface area contributed by atoms with Crippen LogP contribution in [0.1, 0.15) is 35.8 Å². The van der Waals surface area contributed by atoms with E-state index in [0.29, 0.717) is 18.6 Å². The van der Waals surface area contributed by atoms with Gasteiger partial charge in [-0.25, -0.2) is 0 Å². The van der Waals surface area contributed by atoms with Gasteiger partial charge in [0.2, 0.25) is 11.7 Å². The van der Waals surface area contributed by atoms with Gasteiger partial charge in [0.05, 0.1) is 12.5 Å². The molecule has 76 valence electrons. The number of aromatic nitrogens is 2. The Morgan fingerprint density at radius 2 is 2.43 bits per heavy atom. The molecule has 5 heteroatoms. The van der Waals surface area contributed by atoms with Crippen molar-refractivity contribution >= 4 is 6.29 Å². The van der Waals surface area contributed by atoms with Crippen LogP contribution in [0.2, 0.25) is 0 Å². The molecule has 1 aliphatic heterocycles. The van der Waals surface area contributed by atoms with Crippen LogP contribution in [-0.2, 0) is 11.2 Å². The fraction of sp³-hybridized carbons (Fsp3) is 0.667. The quantitative estimate of drug-likeness (QED) is 0.674. The van der Waals surface area contributed by atoms with Gasteiger partial charge in [-0.3, -0.25) is 4.79 Å². The molecule has 0 saturated carbocycles. The van der Waals surface area contributed by atoms with E-state index in [2.05, 4.69) is 10.1 Å². The lowest BCUT2D eigenvalue weighted by Gasteiger charge is -2.20. The topological polar surface area (TPSA) is 65.2 Å². The number of nitrogens with zero attached hydrogens (tertiary/aromatic N) is 2. The highest BCUT2D eigenvalue weighted by Gasteiger charge is 2.17. The highest BCUT2D eigenvalue weighted by atomic mass is 16.5. The second-order valence-electron chi connectivity index (χ2n) is 3.36. The van der Waals surface area contributed by atoms with Crippen LogP contribution in [0, 0.1) is 0 Å². The highest BCUT2D eigenvalue weighted by Crippen LogP contribution is 2.16. The van der Waals surface area contributed by atoms with E-state index in [0.717, 1.165) is 19.4 Å². The molecule has 0 amide bonds. The Morgan fingerprint density at radius 1 is 1.50 bits per heavy atom. The maximum absolute atomic E-state index is 10.3. The zero-order chi connectivity index (χ0) is 9.80. The van der Waals surface area contributed by atoms with Gasteiger partial charge in [0.15, 0.2) is 6.29 Å². The normalized spacial score (nSPS) is 22.1. The number of ether oxygens (including phenoxy) is 1. The zero-order valence-electron chi connectivity index (χ0n) is 7.81. The molecule has 5 nitrogen and oxygen atoms in total. The molecule has 1 fully saturated rings. The zero-order valence-corrected chi connectivity index (χ0v) is 7.81. The van der Waals surface area contributed by atoms with Crippen LogP contribution in [0.4, 0.5) is 0 Å². The maximum atomic E-state index is 10.3. The molecule has 1 aliphatic rings. The van der Waals surface area contributed by atoms with Gasteiger partial charge in [-0.05, 0) is 19.3 Å². The molecular formula is C9H12N2O3. The molecule has 0 N–H and O–H groups in total. The minimum absolute atomic E-state index is 0.107. The summed E-state index contributed by atoms with van der Waals surface area (Å²) in [5, 5.41) is 3.49. The number of carbonyl (C=O) groups is 1. The van der Waals surface area contributed by atoms with Crippen molar-refractivity contribution in [3.8, 4) is 0 Å². The lowest BCUT2D eigenvalue weighted by Crippen LogP contribution is -2.21. The summed E-state index contributed by atoms with van der Waals surface area (Å²) in [7, 11) is 0. The minimum Gasteiger partial charge on any atom is -0.378 e. The summed E-state index contributed by atoms with van der Waals surface area (Å²) >= 11 is 0. The molecule has 0 radical (unpaired) electrons. The summed E-state index contributed by atoms with van der Waals surface area (Å²) in [6.07, 6.45) is 4.69. The van der Waals surface area contributed by atoms with Crippen molar-refractivity contribution in [3.05, 3.63) is 11.7 Å². The fourth-order valence-electron chi connectivity index (χ4n) is 1.56. The number of carbonyl (C=O) groups excluding carboxylic acids is 1. The first kappa shape index (κ1) is 9.33. The van der Waals surface area contributed by atoms with Crippen molar-refractivity contribution in [1.82, 2.24) is 10.1 Å². The number of rotatable bonds is 3. The smallest absolute Gasteiger partial charge is 0.235 e.